The average molecular weight is 292 g/mol. The number of amides is 1. The van der Waals surface area contributed by atoms with E-state index in [1.807, 2.05) is 0 Å². The van der Waals surface area contributed by atoms with Crippen molar-refractivity contribution in [2.24, 2.45) is 11.8 Å². The number of piperidine rings is 1. The zero-order valence-corrected chi connectivity index (χ0v) is 12.8. The Labute approximate surface area is 124 Å². The molecule has 1 saturated heterocycles. The van der Waals surface area contributed by atoms with Crippen LogP contribution in [0.5, 0.6) is 0 Å². The van der Waals surface area contributed by atoms with Gasteiger partial charge in [0.25, 0.3) is 5.56 Å². The molecule has 1 atom stereocenters. The molecule has 2 heterocycles. The third kappa shape index (κ3) is 4.58. The van der Waals surface area contributed by atoms with E-state index in [9.17, 15) is 9.59 Å². The Morgan fingerprint density at radius 3 is 3.10 bits per heavy atom. The van der Waals surface area contributed by atoms with Gasteiger partial charge in [0, 0.05) is 25.7 Å². The number of H-pyrrole nitrogens is 1. The van der Waals surface area contributed by atoms with Crippen LogP contribution in [-0.2, 0) is 4.79 Å². The van der Waals surface area contributed by atoms with Crippen molar-refractivity contribution >= 4 is 11.6 Å². The summed E-state index contributed by atoms with van der Waals surface area (Å²) >= 11 is 0. The molecule has 1 amide bonds. The number of nitrogens with zero attached hydrogens (tertiary/aromatic N) is 2. The van der Waals surface area contributed by atoms with E-state index >= 15 is 0 Å². The predicted octanol–water partition coefficient (Wildman–Crippen LogP) is 1.15. The maximum Gasteiger partial charge on any atom is 0.266 e. The second-order valence-corrected chi connectivity index (χ2v) is 6.06. The Bertz CT molecular complexity index is 526. The summed E-state index contributed by atoms with van der Waals surface area (Å²) in [5, 5.41) is 9.21. The Kier molecular flexibility index (Phi) is 5.36. The van der Waals surface area contributed by atoms with E-state index in [-0.39, 0.29) is 17.4 Å². The molecule has 0 aliphatic carbocycles. The lowest BCUT2D eigenvalue weighted by Crippen LogP contribution is -2.43. The zero-order chi connectivity index (χ0) is 15.2. The van der Waals surface area contributed by atoms with Crippen molar-refractivity contribution in [3.05, 3.63) is 22.6 Å². The maximum absolute atomic E-state index is 12.2. The van der Waals surface area contributed by atoms with Crippen LogP contribution in [0.25, 0.3) is 0 Å². The van der Waals surface area contributed by atoms with Crippen molar-refractivity contribution in [3.63, 3.8) is 0 Å². The lowest BCUT2D eigenvalue weighted by molar-refractivity contribution is -0.125. The fourth-order valence-corrected chi connectivity index (χ4v) is 2.59. The van der Waals surface area contributed by atoms with Crippen LogP contribution >= 0.6 is 0 Å². The van der Waals surface area contributed by atoms with E-state index in [0.717, 1.165) is 38.0 Å². The number of carbonyl (C=O) groups excluding carboxylic acids is 1. The van der Waals surface area contributed by atoms with Gasteiger partial charge in [-0.05, 0) is 25.2 Å². The molecule has 21 heavy (non-hydrogen) atoms. The largest absolute Gasteiger partial charge is 0.369 e. The molecule has 1 unspecified atom stereocenters. The first-order valence-corrected chi connectivity index (χ1v) is 7.63. The lowest BCUT2D eigenvalue weighted by atomic mass is 9.96. The summed E-state index contributed by atoms with van der Waals surface area (Å²) in [4.78, 5) is 25.6. The van der Waals surface area contributed by atoms with Crippen molar-refractivity contribution in [1.29, 1.82) is 0 Å². The zero-order valence-electron chi connectivity index (χ0n) is 12.8. The van der Waals surface area contributed by atoms with Gasteiger partial charge in [0.2, 0.25) is 5.91 Å². The number of carbonyl (C=O) groups is 1. The second-order valence-electron chi connectivity index (χ2n) is 6.06. The molecular formula is C15H24N4O2. The van der Waals surface area contributed by atoms with Crippen LogP contribution in [-0.4, -0.2) is 35.7 Å². The SMILES string of the molecule is CC(C)CCNC(=O)C1CCCN(c2cn[nH]c(=O)c2)C1. The summed E-state index contributed by atoms with van der Waals surface area (Å²) in [6, 6.07) is 1.53. The standard InChI is InChI=1S/C15H24N4O2/c1-11(2)5-6-16-15(21)12-4-3-7-19(10-12)13-8-14(20)18-17-9-13/h8-9,11-12H,3-7,10H2,1-2H3,(H,16,21)(H,18,20). The van der Waals surface area contributed by atoms with Gasteiger partial charge in [-0.15, -0.1) is 0 Å². The van der Waals surface area contributed by atoms with Gasteiger partial charge < -0.3 is 10.2 Å². The van der Waals surface area contributed by atoms with E-state index in [1.165, 1.54) is 6.07 Å². The van der Waals surface area contributed by atoms with Crippen molar-refractivity contribution in [2.75, 3.05) is 24.5 Å². The monoisotopic (exact) mass is 292 g/mol. The molecule has 6 heteroatoms. The van der Waals surface area contributed by atoms with Crippen LogP contribution in [0.15, 0.2) is 17.1 Å². The highest BCUT2D eigenvalue weighted by Gasteiger charge is 2.26. The molecule has 1 aromatic rings. The Hall–Kier alpha value is -1.85. The highest BCUT2D eigenvalue weighted by Crippen LogP contribution is 2.21. The minimum absolute atomic E-state index is 0.00907. The first-order valence-electron chi connectivity index (χ1n) is 7.63. The molecule has 116 valence electrons. The van der Waals surface area contributed by atoms with Crippen LogP contribution in [0.2, 0.25) is 0 Å². The van der Waals surface area contributed by atoms with E-state index < -0.39 is 0 Å². The van der Waals surface area contributed by atoms with Gasteiger partial charge in [0.05, 0.1) is 17.8 Å². The van der Waals surface area contributed by atoms with E-state index in [4.69, 9.17) is 0 Å². The molecule has 1 fully saturated rings. The normalized spacial score (nSPS) is 18.8. The number of rotatable bonds is 5. The summed E-state index contributed by atoms with van der Waals surface area (Å²) in [7, 11) is 0. The van der Waals surface area contributed by atoms with E-state index in [1.54, 1.807) is 6.20 Å². The molecule has 2 rings (SSSR count). The lowest BCUT2D eigenvalue weighted by Gasteiger charge is -2.33. The molecule has 0 aromatic carbocycles. The van der Waals surface area contributed by atoms with Gasteiger partial charge >= 0.3 is 0 Å². The molecule has 0 spiro atoms. The van der Waals surface area contributed by atoms with Crippen molar-refractivity contribution in [1.82, 2.24) is 15.5 Å². The topological polar surface area (TPSA) is 78.1 Å². The molecule has 1 aromatic heterocycles. The van der Waals surface area contributed by atoms with Crippen molar-refractivity contribution < 1.29 is 4.79 Å². The highest BCUT2D eigenvalue weighted by molar-refractivity contribution is 5.79. The van der Waals surface area contributed by atoms with Crippen LogP contribution in [0.1, 0.15) is 33.1 Å². The van der Waals surface area contributed by atoms with Gasteiger partial charge in [0.1, 0.15) is 0 Å². The fourth-order valence-electron chi connectivity index (χ4n) is 2.59. The summed E-state index contributed by atoms with van der Waals surface area (Å²) in [6.45, 7) is 6.54. The summed E-state index contributed by atoms with van der Waals surface area (Å²) in [6.07, 6.45) is 4.50. The third-order valence-corrected chi connectivity index (χ3v) is 3.83. The van der Waals surface area contributed by atoms with Crippen LogP contribution < -0.4 is 15.8 Å². The third-order valence-electron chi connectivity index (χ3n) is 3.83. The molecule has 2 N–H and O–H groups in total. The van der Waals surface area contributed by atoms with Crippen LogP contribution in [0.4, 0.5) is 5.69 Å². The molecule has 1 aliphatic heterocycles. The Morgan fingerprint density at radius 2 is 2.38 bits per heavy atom. The first-order chi connectivity index (χ1) is 10.1. The number of aromatic nitrogens is 2. The molecule has 0 radical (unpaired) electrons. The molecule has 0 saturated carbocycles. The summed E-state index contributed by atoms with van der Waals surface area (Å²) in [5.74, 6) is 0.707. The van der Waals surface area contributed by atoms with Gasteiger partial charge in [-0.25, -0.2) is 5.10 Å². The van der Waals surface area contributed by atoms with Gasteiger partial charge in [-0.1, -0.05) is 13.8 Å². The molecular weight excluding hydrogens is 268 g/mol. The molecule has 6 nitrogen and oxygen atoms in total. The quantitative estimate of drug-likeness (QED) is 0.853. The minimum atomic E-state index is -0.212. The highest BCUT2D eigenvalue weighted by atomic mass is 16.2. The number of nitrogens with one attached hydrogen (secondary N) is 2. The first kappa shape index (κ1) is 15.5. The number of hydrogen-bond donors (Lipinski definition) is 2. The summed E-state index contributed by atoms with van der Waals surface area (Å²) in [5.41, 5.74) is 0.578. The number of anilines is 1. The number of hydrogen-bond acceptors (Lipinski definition) is 4. The van der Waals surface area contributed by atoms with Crippen molar-refractivity contribution in [3.8, 4) is 0 Å². The van der Waals surface area contributed by atoms with Crippen LogP contribution in [0, 0.1) is 11.8 Å². The van der Waals surface area contributed by atoms with Gasteiger partial charge in [-0.2, -0.15) is 5.10 Å². The number of aromatic amines is 1. The molecule has 1 aliphatic rings. The average Bonchev–Trinajstić information content (AvgIpc) is 2.47. The maximum atomic E-state index is 12.2. The smallest absolute Gasteiger partial charge is 0.266 e. The van der Waals surface area contributed by atoms with Crippen molar-refractivity contribution in [2.45, 2.75) is 33.1 Å². The Morgan fingerprint density at radius 1 is 1.57 bits per heavy atom. The van der Waals surface area contributed by atoms with Crippen LogP contribution in [0.3, 0.4) is 0 Å². The summed E-state index contributed by atoms with van der Waals surface area (Å²) < 4.78 is 0. The second kappa shape index (κ2) is 7.24. The predicted molar refractivity (Wildman–Crippen MR) is 82.3 cm³/mol. The molecule has 0 bridgehead atoms. The minimum Gasteiger partial charge on any atom is -0.369 e. The van der Waals surface area contributed by atoms with E-state index in [2.05, 4.69) is 34.3 Å². The fraction of sp³-hybridized carbons (Fsp3) is 0.667. The van der Waals surface area contributed by atoms with Gasteiger partial charge in [-0.3, -0.25) is 9.59 Å². The van der Waals surface area contributed by atoms with E-state index in [0.29, 0.717) is 12.5 Å². The van der Waals surface area contributed by atoms with Gasteiger partial charge in [0.15, 0.2) is 0 Å². The Balaban J connectivity index is 1.91.